The number of carboxylic acids is 1. The third kappa shape index (κ3) is 283. The first-order valence-corrected chi connectivity index (χ1v) is 2.73. The Hall–Kier alpha value is -1.34. The summed E-state index contributed by atoms with van der Waals surface area (Å²) in [7, 11) is 3.00. The lowest BCUT2D eigenvalue weighted by atomic mass is 10.9. The molecule has 0 fully saturated rings. The van der Waals surface area contributed by atoms with E-state index < -0.39 is 12.1 Å². The minimum Gasteiger partial charge on any atom is -0.481 e. The fourth-order valence-corrected chi connectivity index (χ4v) is 0. The average molecular weight is 184 g/mol. The highest BCUT2D eigenvalue weighted by Gasteiger charge is 1.70. The van der Waals surface area contributed by atoms with Crippen LogP contribution in [0.3, 0.4) is 0 Å². The van der Waals surface area contributed by atoms with Crippen molar-refractivity contribution in [2.24, 2.45) is 11.5 Å². The van der Waals surface area contributed by atoms with Gasteiger partial charge in [0, 0.05) is 6.92 Å². The zero-order chi connectivity index (χ0) is 11.2. The van der Waals surface area contributed by atoms with Crippen LogP contribution in [-0.2, 0) is 4.79 Å². The Morgan fingerprint density at radius 3 is 0.917 bits per heavy atom. The topological polar surface area (TPSA) is 147 Å². The van der Waals surface area contributed by atoms with Crippen LogP contribution in [0.5, 0.6) is 0 Å². The van der Waals surface area contributed by atoms with E-state index >= 15 is 0 Å². The van der Waals surface area contributed by atoms with Gasteiger partial charge in [0.1, 0.15) is 0 Å². The summed E-state index contributed by atoms with van der Waals surface area (Å²) in [6, 6.07) is 0. The molecule has 0 aromatic rings. The summed E-state index contributed by atoms with van der Waals surface area (Å²) in [4.78, 5) is 17.6. The van der Waals surface area contributed by atoms with Crippen LogP contribution in [0.4, 0.5) is 4.79 Å². The zero-order valence-corrected chi connectivity index (χ0v) is 7.31. The van der Waals surface area contributed by atoms with Crippen molar-refractivity contribution in [3.8, 4) is 0 Å². The molecule has 0 rings (SSSR count). The van der Waals surface area contributed by atoms with E-state index in [1.165, 1.54) is 14.1 Å². The summed E-state index contributed by atoms with van der Waals surface area (Å²) >= 11 is 0. The quantitative estimate of drug-likeness (QED) is 0.339. The van der Waals surface area contributed by atoms with Crippen LogP contribution in [0.25, 0.3) is 0 Å². The fourth-order valence-electron chi connectivity index (χ4n) is 0. The Kier molecular flexibility index (Phi) is 62.3. The van der Waals surface area contributed by atoms with E-state index in [0.29, 0.717) is 0 Å². The van der Waals surface area contributed by atoms with Crippen LogP contribution < -0.4 is 11.5 Å². The predicted molar refractivity (Wildman–Crippen MR) is 44.2 cm³/mol. The number of hydrogen-bond acceptors (Lipinski definition) is 4. The number of rotatable bonds is 0. The van der Waals surface area contributed by atoms with Gasteiger partial charge in [0.05, 0.1) is 0 Å². The molecular weight excluding hydrogens is 168 g/mol. The van der Waals surface area contributed by atoms with Crippen LogP contribution in [0.1, 0.15) is 6.92 Å². The molecule has 0 bridgehead atoms. The predicted octanol–water partition coefficient (Wildman–Crippen LogP) is -0.537. The second-order valence-corrected chi connectivity index (χ2v) is 0.802. The maximum Gasteiger partial charge on any atom is 0.503 e. The van der Waals surface area contributed by atoms with Crippen molar-refractivity contribution in [2.75, 3.05) is 14.1 Å². The molecule has 7 N–H and O–H groups in total. The molecule has 0 aliphatic heterocycles. The van der Waals surface area contributed by atoms with Gasteiger partial charge in [-0.1, -0.05) is 0 Å². The van der Waals surface area contributed by atoms with Gasteiger partial charge in [-0.05, 0) is 14.1 Å². The second-order valence-electron chi connectivity index (χ2n) is 0.802. The van der Waals surface area contributed by atoms with E-state index in [1.807, 2.05) is 0 Å². The molecule has 0 atom stereocenters. The molecule has 0 aromatic heterocycles. The third-order valence-corrected chi connectivity index (χ3v) is 0. The van der Waals surface area contributed by atoms with Crippen molar-refractivity contribution in [3.63, 3.8) is 0 Å². The maximum absolute atomic E-state index is 9.00. The third-order valence-electron chi connectivity index (χ3n) is 0. The molecule has 0 aromatic carbocycles. The minimum absolute atomic E-state index is 0.833. The van der Waals surface area contributed by atoms with Gasteiger partial charge in [-0.3, -0.25) is 4.79 Å². The smallest absolute Gasteiger partial charge is 0.481 e. The van der Waals surface area contributed by atoms with Crippen LogP contribution >= 0.6 is 0 Å². The van der Waals surface area contributed by atoms with Crippen molar-refractivity contribution in [1.82, 2.24) is 0 Å². The summed E-state index contributed by atoms with van der Waals surface area (Å²) in [5, 5.41) is 21.4. The molecule has 0 saturated carbocycles. The number of nitrogens with two attached hydrogens (primary N) is 2. The van der Waals surface area contributed by atoms with Crippen molar-refractivity contribution in [1.29, 1.82) is 0 Å². The molecule has 0 aliphatic rings. The van der Waals surface area contributed by atoms with E-state index in [9.17, 15) is 0 Å². The number of aliphatic carboxylic acids is 1. The van der Waals surface area contributed by atoms with Crippen LogP contribution in [0.2, 0.25) is 0 Å². The highest BCUT2D eigenvalue weighted by Crippen LogP contribution is 1.43. The number of carbonyl (C=O) groups is 2. The Labute approximate surface area is 70.6 Å². The lowest BCUT2D eigenvalue weighted by Gasteiger charge is -1.60. The Bertz CT molecular complexity index is 75.8. The van der Waals surface area contributed by atoms with Crippen molar-refractivity contribution >= 4 is 12.1 Å². The molecule has 0 spiro atoms. The molecule has 76 valence electrons. The summed E-state index contributed by atoms with van der Waals surface area (Å²) in [6.45, 7) is 1.08. The first-order valence-electron chi connectivity index (χ1n) is 2.73. The standard InChI is InChI=1S/C2H4O2.2CH5N.CH2O3/c1-2(3)4;2*1-2;2-1(3)4/h1H3,(H,3,4);2*2H2,1H3;(H2,2,3,4). The molecule has 0 heterocycles. The monoisotopic (exact) mass is 184 g/mol. The van der Waals surface area contributed by atoms with Crippen molar-refractivity contribution in [2.45, 2.75) is 6.92 Å². The van der Waals surface area contributed by atoms with Gasteiger partial charge >= 0.3 is 6.16 Å². The molecular formula is C5H16N2O5. The molecule has 12 heavy (non-hydrogen) atoms. The van der Waals surface area contributed by atoms with E-state index in [4.69, 9.17) is 24.9 Å². The molecule has 0 amide bonds. The fraction of sp³-hybridized carbons (Fsp3) is 0.600. The summed E-state index contributed by atoms with van der Waals surface area (Å²) in [5.74, 6) is -0.833. The van der Waals surface area contributed by atoms with Crippen LogP contribution in [0, 0.1) is 0 Å². The number of hydrogen-bond donors (Lipinski definition) is 5. The van der Waals surface area contributed by atoms with Crippen LogP contribution in [-0.4, -0.2) is 41.5 Å². The zero-order valence-electron chi connectivity index (χ0n) is 7.31. The molecule has 0 unspecified atom stereocenters. The van der Waals surface area contributed by atoms with Gasteiger partial charge < -0.3 is 26.8 Å². The van der Waals surface area contributed by atoms with Crippen molar-refractivity contribution in [3.05, 3.63) is 0 Å². The van der Waals surface area contributed by atoms with E-state index in [2.05, 4.69) is 11.5 Å². The van der Waals surface area contributed by atoms with Crippen molar-refractivity contribution < 1.29 is 24.9 Å². The van der Waals surface area contributed by atoms with Gasteiger partial charge in [0.15, 0.2) is 0 Å². The second kappa shape index (κ2) is 33.4. The number of carboxylic acid groups (broad SMARTS) is 3. The van der Waals surface area contributed by atoms with E-state index in [0.717, 1.165) is 6.92 Å². The van der Waals surface area contributed by atoms with Crippen LogP contribution in [0.15, 0.2) is 0 Å². The van der Waals surface area contributed by atoms with Gasteiger partial charge in [-0.2, -0.15) is 0 Å². The normalized spacial score (nSPS) is 5.08. The highest BCUT2D eigenvalue weighted by atomic mass is 16.6. The SMILES string of the molecule is CC(=O)O.CN.CN.O=C(O)O. The Morgan fingerprint density at radius 1 is 0.917 bits per heavy atom. The van der Waals surface area contributed by atoms with E-state index in [-0.39, 0.29) is 0 Å². The first kappa shape index (κ1) is 22.4. The lowest BCUT2D eigenvalue weighted by molar-refractivity contribution is -0.134. The Morgan fingerprint density at radius 2 is 0.917 bits per heavy atom. The van der Waals surface area contributed by atoms with Gasteiger partial charge in [0.25, 0.3) is 5.97 Å². The summed E-state index contributed by atoms with van der Waals surface area (Å²) in [5.41, 5.74) is 9.00. The van der Waals surface area contributed by atoms with Gasteiger partial charge in [0.2, 0.25) is 0 Å². The highest BCUT2D eigenvalue weighted by molar-refractivity contribution is 5.62. The first-order chi connectivity index (χ1) is 5.46. The minimum atomic E-state index is -1.83. The van der Waals surface area contributed by atoms with Gasteiger partial charge in [-0.15, -0.1) is 0 Å². The molecule has 0 radical (unpaired) electrons. The Balaban J connectivity index is -0.0000000380. The molecule has 0 aliphatic carbocycles. The molecule has 7 nitrogen and oxygen atoms in total. The molecule has 0 saturated heterocycles. The maximum atomic E-state index is 9.00. The summed E-state index contributed by atoms with van der Waals surface area (Å²) < 4.78 is 0. The molecule has 7 heteroatoms. The average Bonchev–Trinajstić information content (AvgIpc) is 1.93. The van der Waals surface area contributed by atoms with Gasteiger partial charge in [-0.25, -0.2) is 4.79 Å². The lowest BCUT2D eigenvalue weighted by Crippen LogP contribution is -1.81. The summed E-state index contributed by atoms with van der Waals surface area (Å²) in [6.07, 6.45) is -1.83. The van der Waals surface area contributed by atoms with E-state index in [1.54, 1.807) is 0 Å². The largest absolute Gasteiger partial charge is 0.503 e.